The molecular formula is C24H28N4O6. The van der Waals surface area contributed by atoms with E-state index in [0.717, 1.165) is 5.56 Å². The SMILES string of the molecule is CCOc1cc([C@H]2NC(=O)NC(C)=C2C(=O)OC)ccc1OC[C@H](O)N/N=C\c1ccccc1. The molecule has 0 bridgehead atoms. The molecule has 1 heterocycles. The highest BCUT2D eigenvalue weighted by Gasteiger charge is 2.32. The zero-order valence-corrected chi connectivity index (χ0v) is 19.2. The molecule has 180 valence electrons. The number of aliphatic hydroxyl groups is 1. The summed E-state index contributed by atoms with van der Waals surface area (Å²) in [7, 11) is 1.28. The predicted molar refractivity (Wildman–Crippen MR) is 125 cm³/mol. The van der Waals surface area contributed by atoms with Crippen LogP contribution in [0.4, 0.5) is 4.79 Å². The van der Waals surface area contributed by atoms with Crippen LogP contribution >= 0.6 is 0 Å². The third-order valence-electron chi connectivity index (χ3n) is 4.91. The van der Waals surface area contributed by atoms with E-state index in [1.165, 1.54) is 7.11 Å². The Kier molecular flexibility index (Phi) is 8.47. The molecule has 10 nitrogen and oxygen atoms in total. The average Bonchev–Trinajstić information content (AvgIpc) is 2.83. The van der Waals surface area contributed by atoms with Crippen molar-refractivity contribution in [3.8, 4) is 11.5 Å². The van der Waals surface area contributed by atoms with Gasteiger partial charge in [0.2, 0.25) is 0 Å². The Bertz CT molecular complexity index is 1070. The summed E-state index contributed by atoms with van der Waals surface area (Å²) in [4.78, 5) is 24.4. The van der Waals surface area contributed by atoms with Gasteiger partial charge in [-0.1, -0.05) is 36.4 Å². The van der Waals surface area contributed by atoms with Crippen LogP contribution < -0.4 is 25.5 Å². The first-order chi connectivity index (χ1) is 16.4. The van der Waals surface area contributed by atoms with E-state index in [1.807, 2.05) is 37.3 Å². The zero-order valence-electron chi connectivity index (χ0n) is 19.2. The lowest BCUT2D eigenvalue weighted by Gasteiger charge is -2.28. The maximum Gasteiger partial charge on any atom is 0.337 e. The van der Waals surface area contributed by atoms with Crippen molar-refractivity contribution in [1.29, 1.82) is 0 Å². The van der Waals surface area contributed by atoms with Crippen LogP contribution in [-0.2, 0) is 9.53 Å². The van der Waals surface area contributed by atoms with Crippen LogP contribution in [0.1, 0.15) is 31.0 Å². The molecule has 10 heteroatoms. The number of carbonyl (C=O) groups is 2. The number of allylic oxidation sites excluding steroid dienone is 1. The first-order valence-electron chi connectivity index (χ1n) is 10.7. The van der Waals surface area contributed by atoms with Gasteiger partial charge in [-0.3, -0.25) is 5.43 Å². The van der Waals surface area contributed by atoms with Gasteiger partial charge in [0.15, 0.2) is 17.7 Å². The minimum atomic E-state index is -1.06. The molecule has 1 aliphatic heterocycles. The summed E-state index contributed by atoms with van der Waals surface area (Å²) in [5.74, 6) is 0.229. The van der Waals surface area contributed by atoms with E-state index >= 15 is 0 Å². The minimum Gasteiger partial charge on any atom is -0.490 e. The third kappa shape index (κ3) is 6.26. The van der Waals surface area contributed by atoms with Gasteiger partial charge < -0.3 is 30.0 Å². The van der Waals surface area contributed by atoms with Crippen molar-refractivity contribution in [3.63, 3.8) is 0 Å². The summed E-state index contributed by atoms with van der Waals surface area (Å²) >= 11 is 0. The lowest BCUT2D eigenvalue weighted by atomic mass is 9.95. The molecule has 0 aromatic heterocycles. The normalized spacial score (nSPS) is 16.5. The Balaban J connectivity index is 1.72. The molecule has 2 atom stereocenters. The molecule has 4 N–H and O–H groups in total. The summed E-state index contributed by atoms with van der Waals surface area (Å²) in [6, 6.07) is 13.3. The van der Waals surface area contributed by atoms with Gasteiger partial charge >= 0.3 is 12.0 Å². The highest BCUT2D eigenvalue weighted by Crippen LogP contribution is 2.34. The first-order valence-corrected chi connectivity index (χ1v) is 10.7. The van der Waals surface area contributed by atoms with E-state index in [9.17, 15) is 14.7 Å². The smallest absolute Gasteiger partial charge is 0.337 e. The van der Waals surface area contributed by atoms with E-state index in [2.05, 4.69) is 21.2 Å². The second-order valence-electron chi connectivity index (χ2n) is 7.33. The number of amides is 2. The lowest BCUT2D eigenvalue weighted by Crippen LogP contribution is -2.45. The molecule has 0 aliphatic carbocycles. The number of aliphatic hydroxyl groups excluding tert-OH is 1. The number of nitrogens with zero attached hydrogens (tertiary/aromatic N) is 1. The van der Waals surface area contributed by atoms with Crippen molar-refractivity contribution in [1.82, 2.24) is 16.1 Å². The fourth-order valence-electron chi connectivity index (χ4n) is 3.36. The number of benzene rings is 2. The molecule has 2 aromatic rings. The Morgan fingerprint density at radius 2 is 1.97 bits per heavy atom. The predicted octanol–water partition coefficient (Wildman–Crippen LogP) is 2.21. The third-order valence-corrected chi connectivity index (χ3v) is 4.91. The second-order valence-corrected chi connectivity index (χ2v) is 7.33. The van der Waals surface area contributed by atoms with Crippen LogP contribution in [0, 0.1) is 0 Å². The van der Waals surface area contributed by atoms with Gasteiger partial charge in [-0.05, 0) is 37.1 Å². The molecule has 0 radical (unpaired) electrons. The standard InChI is InChI=1S/C24H28N4O6/c1-4-33-19-12-17(22-21(23(30)32-3)15(2)26-24(31)27-22)10-11-18(19)34-14-20(29)28-25-13-16-8-6-5-7-9-16/h5-13,20,22,28-29H,4,14H2,1-3H3,(H2,26,27,31)/b25-13-/t20-,22+/m0/s1. The van der Waals surface area contributed by atoms with E-state index < -0.39 is 24.3 Å². The Labute approximate surface area is 197 Å². The van der Waals surface area contributed by atoms with Crippen molar-refractivity contribution in [2.75, 3.05) is 20.3 Å². The van der Waals surface area contributed by atoms with Gasteiger partial charge in [-0.25, -0.2) is 9.59 Å². The highest BCUT2D eigenvalue weighted by molar-refractivity contribution is 5.95. The van der Waals surface area contributed by atoms with Crippen molar-refractivity contribution in [2.24, 2.45) is 5.10 Å². The van der Waals surface area contributed by atoms with E-state index in [0.29, 0.717) is 29.4 Å². The number of hydrazone groups is 1. The number of ether oxygens (including phenoxy) is 3. The van der Waals surface area contributed by atoms with Gasteiger partial charge in [0.05, 0.1) is 31.5 Å². The molecule has 1 aliphatic rings. The molecule has 0 saturated carbocycles. The fraction of sp³-hybridized carbons (Fsp3) is 0.292. The van der Waals surface area contributed by atoms with Gasteiger partial charge in [0.25, 0.3) is 0 Å². The molecule has 34 heavy (non-hydrogen) atoms. The molecule has 2 aromatic carbocycles. The Morgan fingerprint density at radius 1 is 1.21 bits per heavy atom. The number of nitrogens with one attached hydrogen (secondary N) is 3. The van der Waals surface area contributed by atoms with Crippen LogP contribution in [0.5, 0.6) is 11.5 Å². The van der Waals surface area contributed by atoms with Crippen molar-refractivity contribution >= 4 is 18.2 Å². The maximum atomic E-state index is 12.3. The van der Waals surface area contributed by atoms with Crippen LogP contribution in [0.3, 0.4) is 0 Å². The van der Waals surface area contributed by atoms with Gasteiger partial charge in [0.1, 0.15) is 6.61 Å². The number of hydrogen-bond donors (Lipinski definition) is 4. The van der Waals surface area contributed by atoms with E-state index in [-0.39, 0.29) is 12.2 Å². The first kappa shape index (κ1) is 24.6. The second kappa shape index (κ2) is 11.7. The number of urea groups is 1. The molecule has 2 amide bonds. The van der Waals surface area contributed by atoms with Crippen LogP contribution in [0.15, 0.2) is 64.9 Å². The molecular weight excluding hydrogens is 440 g/mol. The van der Waals surface area contributed by atoms with Crippen LogP contribution in [0.25, 0.3) is 0 Å². The lowest BCUT2D eigenvalue weighted by molar-refractivity contribution is -0.136. The van der Waals surface area contributed by atoms with Gasteiger partial charge in [0, 0.05) is 5.70 Å². The number of rotatable bonds is 10. The maximum absolute atomic E-state index is 12.3. The number of hydrogen-bond acceptors (Lipinski definition) is 8. The number of esters is 1. The van der Waals surface area contributed by atoms with Gasteiger partial charge in [-0.2, -0.15) is 5.10 Å². The molecule has 3 rings (SSSR count). The Morgan fingerprint density at radius 3 is 2.68 bits per heavy atom. The molecule has 0 unspecified atom stereocenters. The number of carbonyl (C=O) groups excluding carboxylic acids is 2. The van der Waals surface area contributed by atoms with E-state index in [4.69, 9.17) is 14.2 Å². The quantitative estimate of drug-likeness (QED) is 0.182. The average molecular weight is 469 g/mol. The van der Waals surface area contributed by atoms with E-state index in [1.54, 1.807) is 31.3 Å². The topological polar surface area (TPSA) is 131 Å². The molecule has 0 spiro atoms. The molecule has 0 saturated heterocycles. The minimum absolute atomic E-state index is 0.0952. The van der Waals surface area contributed by atoms with Crippen molar-refractivity contribution < 1.29 is 28.9 Å². The Hall–Kier alpha value is -4.05. The fourth-order valence-corrected chi connectivity index (χ4v) is 3.36. The summed E-state index contributed by atoms with van der Waals surface area (Å²) in [5.41, 5.74) is 4.79. The summed E-state index contributed by atoms with van der Waals surface area (Å²) < 4.78 is 16.3. The largest absolute Gasteiger partial charge is 0.490 e. The monoisotopic (exact) mass is 468 g/mol. The van der Waals surface area contributed by atoms with Crippen molar-refractivity contribution in [3.05, 3.63) is 70.9 Å². The number of methoxy groups -OCH3 is 1. The van der Waals surface area contributed by atoms with Crippen LogP contribution in [-0.4, -0.2) is 49.9 Å². The van der Waals surface area contributed by atoms with Crippen LogP contribution in [0.2, 0.25) is 0 Å². The summed E-state index contributed by atoms with van der Waals surface area (Å²) in [5, 5.41) is 19.5. The van der Waals surface area contributed by atoms with Gasteiger partial charge in [-0.15, -0.1) is 0 Å². The van der Waals surface area contributed by atoms with Crippen molar-refractivity contribution in [2.45, 2.75) is 26.1 Å². The highest BCUT2D eigenvalue weighted by atomic mass is 16.5. The summed E-state index contributed by atoms with van der Waals surface area (Å²) in [6.07, 6.45) is 0.528. The molecule has 0 fully saturated rings. The summed E-state index contributed by atoms with van der Waals surface area (Å²) in [6.45, 7) is 3.72. The zero-order chi connectivity index (χ0) is 24.5.